The van der Waals surface area contributed by atoms with Crippen LogP contribution in [0.4, 0.5) is 10.8 Å². The number of carbonyl (C=O) groups excluding carboxylic acids is 1. The van der Waals surface area contributed by atoms with Gasteiger partial charge in [-0.2, -0.15) is 0 Å². The number of thiazole rings is 1. The summed E-state index contributed by atoms with van der Waals surface area (Å²) in [5.74, 6) is -0.0856. The van der Waals surface area contributed by atoms with E-state index in [0.717, 1.165) is 29.4 Å². The standard InChI is InChI=1S/C16H21N3OS/c1-5-11-8-7-9-12(6-2)13(11)19-16-18-10(3)14(21-16)15(20)17-4/h7-9H,5-6H2,1-4H3,(H,17,20)(H,18,19). The number of hydrogen-bond acceptors (Lipinski definition) is 4. The molecule has 1 aromatic carbocycles. The van der Waals surface area contributed by atoms with Crippen molar-refractivity contribution in [2.24, 2.45) is 0 Å². The minimum absolute atomic E-state index is 0.0856. The zero-order valence-corrected chi connectivity index (χ0v) is 13.7. The van der Waals surface area contributed by atoms with Crippen molar-refractivity contribution in [3.8, 4) is 0 Å². The topological polar surface area (TPSA) is 54.0 Å². The molecule has 0 fully saturated rings. The molecule has 1 amide bonds. The van der Waals surface area contributed by atoms with E-state index in [1.54, 1.807) is 7.05 Å². The molecule has 0 aliphatic rings. The molecule has 2 N–H and O–H groups in total. The lowest BCUT2D eigenvalue weighted by Crippen LogP contribution is -2.17. The predicted molar refractivity (Wildman–Crippen MR) is 88.7 cm³/mol. The van der Waals surface area contributed by atoms with Crippen LogP contribution in [-0.4, -0.2) is 17.9 Å². The molecule has 0 unspecified atom stereocenters. The van der Waals surface area contributed by atoms with E-state index in [4.69, 9.17) is 0 Å². The van der Waals surface area contributed by atoms with Crippen molar-refractivity contribution in [3.63, 3.8) is 0 Å². The second-order valence-corrected chi connectivity index (χ2v) is 5.80. The van der Waals surface area contributed by atoms with Gasteiger partial charge in [0.05, 0.1) is 5.69 Å². The summed E-state index contributed by atoms with van der Waals surface area (Å²) in [7, 11) is 1.64. The van der Waals surface area contributed by atoms with Gasteiger partial charge in [0.15, 0.2) is 5.13 Å². The van der Waals surface area contributed by atoms with Gasteiger partial charge in [0.25, 0.3) is 5.91 Å². The van der Waals surface area contributed by atoms with Crippen molar-refractivity contribution >= 4 is 28.1 Å². The van der Waals surface area contributed by atoms with E-state index >= 15 is 0 Å². The highest BCUT2D eigenvalue weighted by Gasteiger charge is 2.15. The first-order chi connectivity index (χ1) is 10.1. The highest BCUT2D eigenvalue weighted by atomic mass is 32.1. The third kappa shape index (κ3) is 3.24. The summed E-state index contributed by atoms with van der Waals surface area (Å²) in [6, 6.07) is 6.34. The molecule has 2 rings (SSSR count). The zero-order valence-electron chi connectivity index (χ0n) is 12.9. The first-order valence-electron chi connectivity index (χ1n) is 7.17. The van der Waals surface area contributed by atoms with Crippen molar-refractivity contribution in [2.75, 3.05) is 12.4 Å². The molecule has 4 nitrogen and oxygen atoms in total. The summed E-state index contributed by atoms with van der Waals surface area (Å²) >= 11 is 1.39. The van der Waals surface area contributed by atoms with Gasteiger partial charge >= 0.3 is 0 Å². The molecule has 0 radical (unpaired) electrons. The number of benzene rings is 1. The molecule has 21 heavy (non-hydrogen) atoms. The van der Waals surface area contributed by atoms with Crippen LogP contribution >= 0.6 is 11.3 Å². The monoisotopic (exact) mass is 303 g/mol. The molecule has 0 bridgehead atoms. The Hall–Kier alpha value is -1.88. The van der Waals surface area contributed by atoms with Crippen LogP contribution in [-0.2, 0) is 12.8 Å². The van der Waals surface area contributed by atoms with Crippen LogP contribution in [0.15, 0.2) is 18.2 Å². The third-order valence-electron chi connectivity index (χ3n) is 3.46. The first-order valence-corrected chi connectivity index (χ1v) is 7.99. The maximum absolute atomic E-state index is 11.8. The van der Waals surface area contributed by atoms with Crippen LogP contribution in [0.5, 0.6) is 0 Å². The molecular weight excluding hydrogens is 282 g/mol. The number of anilines is 2. The fourth-order valence-corrected chi connectivity index (χ4v) is 3.20. The lowest BCUT2D eigenvalue weighted by Gasteiger charge is -2.13. The maximum atomic E-state index is 11.8. The number of aryl methyl sites for hydroxylation is 3. The number of aromatic nitrogens is 1. The van der Waals surface area contributed by atoms with Gasteiger partial charge in [-0.1, -0.05) is 43.4 Å². The summed E-state index contributed by atoms with van der Waals surface area (Å²) in [6.45, 7) is 6.14. The smallest absolute Gasteiger partial charge is 0.263 e. The van der Waals surface area contributed by atoms with Crippen LogP contribution in [0.3, 0.4) is 0 Å². The average molecular weight is 303 g/mol. The molecule has 0 atom stereocenters. The molecule has 0 spiro atoms. The normalized spacial score (nSPS) is 10.5. The van der Waals surface area contributed by atoms with Gasteiger partial charge in [-0.25, -0.2) is 4.98 Å². The Morgan fingerprint density at radius 3 is 2.38 bits per heavy atom. The Morgan fingerprint density at radius 2 is 1.86 bits per heavy atom. The van der Waals surface area contributed by atoms with Gasteiger partial charge < -0.3 is 10.6 Å². The lowest BCUT2D eigenvalue weighted by molar-refractivity contribution is 0.0966. The summed E-state index contributed by atoms with van der Waals surface area (Å²) in [4.78, 5) is 16.9. The summed E-state index contributed by atoms with van der Waals surface area (Å²) in [5, 5.41) is 6.82. The highest BCUT2D eigenvalue weighted by molar-refractivity contribution is 7.17. The van der Waals surface area contributed by atoms with Crippen molar-refractivity contribution < 1.29 is 4.79 Å². The second-order valence-electron chi connectivity index (χ2n) is 4.80. The Labute approximate surface area is 129 Å². The second kappa shape index (κ2) is 6.72. The van der Waals surface area contributed by atoms with E-state index < -0.39 is 0 Å². The largest absolute Gasteiger partial charge is 0.354 e. The van der Waals surface area contributed by atoms with E-state index in [1.165, 1.54) is 22.5 Å². The predicted octanol–water partition coefficient (Wildman–Crippen LogP) is 3.68. The molecule has 0 aliphatic carbocycles. The molecule has 112 valence electrons. The SMILES string of the molecule is CCc1cccc(CC)c1Nc1nc(C)c(C(=O)NC)s1. The first kappa shape index (κ1) is 15.5. The summed E-state index contributed by atoms with van der Waals surface area (Å²) in [6.07, 6.45) is 1.92. The zero-order chi connectivity index (χ0) is 15.4. The molecule has 1 aromatic heterocycles. The van der Waals surface area contributed by atoms with Gasteiger partial charge in [0, 0.05) is 12.7 Å². The lowest BCUT2D eigenvalue weighted by atomic mass is 10.0. The average Bonchev–Trinajstić information content (AvgIpc) is 2.87. The van der Waals surface area contributed by atoms with Crippen LogP contribution in [0.2, 0.25) is 0 Å². The van der Waals surface area contributed by atoms with E-state index in [-0.39, 0.29) is 5.91 Å². The van der Waals surface area contributed by atoms with Gasteiger partial charge in [0.2, 0.25) is 0 Å². The van der Waals surface area contributed by atoms with Crippen LogP contribution in [0.1, 0.15) is 40.3 Å². The van der Waals surface area contributed by atoms with E-state index in [1.807, 2.05) is 6.92 Å². The molecule has 0 saturated carbocycles. The number of carbonyl (C=O) groups is 1. The van der Waals surface area contributed by atoms with Crippen LogP contribution in [0, 0.1) is 6.92 Å². The Bertz CT molecular complexity index is 627. The van der Waals surface area contributed by atoms with Crippen molar-refractivity contribution in [3.05, 3.63) is 39.9 Å². The molecule has 2 aromatic rings. The summed E-state index contributed by atoms with van der Waals surface area (Å²) < 4.78 is 0. The minimum Gasteiger partial charge on any atom is -0.354 e. The number of amides is 1. The van der Waals surface area contributed by atoms with Crippen LogP contribution in [0.25, 0.3) is 0 Å². The Morgan fingerprint density at radius 1 is 1.24 bits per heavy atom. The number of rotatable bonds is 5. The van der Waals surface area contributed by atoms with Gasteiger partial charge in [-0.3, -0.25) is 4.79 Å². The summed E-state index contributed by atoms with van der Waals surface area (Å²) in [5.41, 5.74) is 4.42. The van der Waals surface area contributed by atoms with Gasteiger partial charge in [0.1, 0.15) is 4.88 Å². The van der Waals surface area contributed by atoms with E-state index in [9.17, 15) is 4.79 Å². The molecule has 0 saturated heterocycles. The number of nitrogens with one attached hydrogen (secondary N) is 2. The highest BCUT2D eigenvalue weighted by Crippen LogP contribution is 2.30. The maximum Gasteiger partial charge on any atom is 0.263 e. The number of para-hydroxylation sites is 1. The molecule has 1 heterocycles. The molecule has 0 aliphatic heterocycles. The van der Waals surface area contributed by atoms with Crippen molar-refractivity contribution in [1.29, 1.82) is 0 Å². The van der Waals surface area contributed by atoms with E-state index in [0.29, 0.717) is 4.88 Å². The van der Waals surface area contributed by atoms with Crippen LogP contribution < -0.4 is 10.6 Å². The van der Waals surface area contributed by atoms with Gasteiger partial charge in [-0.05, 0) is 30.9 Å². The molecule has 5 heteroatoms. The third-order valence-corrected chi connectivity index (χ3v) is 4.53. The Kier molecular flexibility index (Phi) is 4.96. The van der Waals surface area contributed by atoms with Crippen molar-refractivity contribution in [2.45, 2.75) is 33.6 Å². The van der Waals surface area contributed by atoms with E-state index in [2.05, 4.69) is 47.7 Å². The Balaban J connectivity index is 2.36. The fraction of sp³-hybridized carbons (Fsp3) is 0.375. The minimum atomic E-state index is -0.0856. The molecular formula is C16H21N3OS. The van der Waals surface area contributed by atoms with Gasteiger partial charge in [-0.15, -0.1) is 0 Å². The quantitative estimate of drug-likeness (QED) is 0.886. The number of hydrogen-bond donors (Lipinski definition) is 2. The van der Waals surface area contributed by atoms with Crippen molar-refractivity contribution in [1.82, 2.24) is 10.3 Å². The fourth-order valence-electron chi connectivity index (χ4n) is 2.28. The number of nitrogens with zero attached hydrogens (tertiary/aromatic N) is 1.